The van der Waals surface area contributed by atoms with Gasteiger partial charge in [0.15, 0.2) is 5.82 Å². The second kappa shape index (κ2) is 5.28. The van der Waals surface area contributed by atoms with Gasteiger partial charge in [-0.1, -0.05) is 0 Å². The molecule has 0 spiro atoms. The van der Waals surface area contributed by atoms with Gasteiger partial charge < -0.3 is 14.1 Å². The maximum absolute atomic E-state index is 5.87. The van der Waals surface area contributed by atoms with Gasteiger partial charge in [-0.2, -0.15) is 0 Å². The molecule has 0 amide bonds. The molecule has 1 aliphatic rings. The van der Waals surface area contributed by atoms with E-state index in [1.54, 1.807) is 12.5 Å². The molecule has 2 aromatic heterocycles. The van der Waals surface area contributed by atoms with Gasteiger partial charge in [0.25, 0.3) is 0 Å². The predicted octanol–water partition coefficient (Wildman–Crippen LogP) is 2.08. The first-order chi connectivity index (χ1) is 9.65. The zero-order chi connectivity index (χ0) is 14.1. The van der Waals surface area contributed by atoms with Gasteiger partial charge in [-0.05, 0) is 26.3 Å². The summed E-state index contributed by atoms with van der Waals surface area (Å²) < 4.78 is 13.0. The van der Waals surface area contributed by atoms with Gasteiger partial charge in [-0.3, -0.25) is 4.57 Å². The molecule has 108 valence electrons. The Bertz CT molecular complexity index is 562. The van der Waals surface area contributed by atoms with E-state index in [1.807, 2.05) is 17.7 Å². The van der Waals surface area contributed by atoms with Crippen LogP contribution in [0.5, 0.6) is 0 Å². The van der Waals surface area contributed by atoms with Crippen LogP contribution in [-0.2, 0) is 11.8 Å². The van der Waals surface area contributed by atoms with E-state index < -0.39 is 0 Å². The molecule has 1 atom stereocenters. The number of nitrogens with zero attached hydrogens (tertiary/aromatic N) is 4. The van der Waals surface area contributed by atoms with Crippen molar-refractivity contribution in [2.24, 2.45) is 7.05 Å². The molecule has 0 N–H and O–H groups in total. The number of hydrogen-bond donors (Lipinski definition) is 0. The van der Waals surface area contributed by atoms with E-state index in [4.69, 9.17) is 9.15 Å². The molecule has 0 aromatic carbocycles. The maximum Gasteiger partial charge on any atom is 0.227 e. The second-order valence-corrected chi connectivity index (χ2v) is 5.44. The van der Waals surface area contributed by atoms with Gasteiger partial charge in [0.05, 0.1) is 24.0 Å². The van der Waals surface area contributed by atoms with Crippen molar-refractivity contribution in [3.05, 3.63) is 18.6 Å². The first-order valence-electron chi connectivity index (χ1n) is 6.97. The van der Waals surface area contributed by atoms with Crippen molar-refractivity contribution in [2.75, 3.05) is 18.0 Å². The number of rotatable bonds is 4. The van der Waals surface area contributed by atoms with Gasteiger partial charge in [0, 0.05) is 20.1 Å². The fraction of sp³-hybridized carbons (Fsp3) is 0.571. The third kappa shape index (κ3) is 2.43. The van der Waals surface area contributed by atoms with Crippen LogP contribution in [0.3, 0.4) is 0 Å². The lowest BCUT2D eigenvalue weighted by Crippen LogP contribution is -2.26. The zero-order valence-electron chi connectivity index (χ0n) is 12.1. The minimum atomic E-state index is 0.265. The van der Waals surface area contributed by atoms with Gasteiger partial charge >= 0.3 is 0 Å². The number of aromatic nitrogens is 3. The number of anilines is 1. The molecule has 0 bridgehead atoms. The largest absolute Gasteiger partial charge is 0.472 e. The first kappa shape index (κ1) is 13.2. The Labute approximate surface area is 118 Å². The monoisotopic (exact) mass is 276 g/mol. The molecule has 3 rings (SSSR count). The van der Waals surface area contributed by atoms with E-state index in [2.05, 4.69) is 28.9 Å². The summed E-state index contributed by atoms with van der Waals surface area (Å²) in [5.74, 6) is 1.71. The quantitative estimate of drug-likeness (QED) is 0.855. The Balaban J connectivity index is 1.76. The molecule has 1 saturated heterocycles. The number of ether oxygens (including phenoxy) is 1. The minimum Gasteiger partial charge on any atom is -0.472 e. The molecule has 6 heteroatoms. The summed E-state index contributed by atoms with van der Waals surface area (Å²) in [6, 6.07) is 1.89. The van der Waals surface area contributed by atoms with E-state index >= 15 is 0 Å². The summed E-state index contributed by atoms with van der Waals surface area (Å²) in [4.78, 5) is 2.23. The smallest absolute Gasteiger partial charge is 0.227 e. The molecular formula is C14H20N4O2. The molecule has 1 aliphatic heterocycles. The Hall–Kier alpha value is -1.82. The Morgan fingerprint density at radius 3 is 2.95 bits per heavy atom. The summed E-state index contributed by atoms with van der Waals surface area (Å²) in [6.07, 6.45) is 4.91. The van der Waals surface area contributed by atoms with Crippen molar-refractivity contribution in [3.63, 3.8) is 0 Å². The maximum atomic E-state index is 5.87. The fourth-order valence-electron chi connectivity index (χ4n) is 2.65. The molecule has 0 aliphatic carbocycles. The van der Waals surface area contributed by atoms with E-state index in [9.17, 15) is 0 Å². The molecule has 3 heterocycles. The SMILES string of the molecule is CC(C)O[C@@H]1CCN(c2nnc(-c3ccoc3)n2C)C1. The lowest BCUT2D eigenvalue weighted by molar-refractivity contribution is 0.0210. The van der Waals surface area contributed by atoms with Crippen molar-refractivity contribution in [1.82, 2.24) is 14.8 Å². The van der Waals surface area contributed by atoms with E-state index in [0.29, 0.717) is 0 Å². The molecule has 1 fully saturated rings. The first-order valence-corrected chi connectivity index (χ1v) is 6.97. The van der Waals surface area contributed by atoms with Crippen LogP contribution in [0.25, 0.3) is 11.4 Å². The molecule has 0 unspecified atom stereocenters. The van der Waals surface area contributed by atoms with Crippen molar-refractivity contribution in [3.8, 4) is 11.4 Å². The van der Waals surface area contributed by atoms with Gasteiger partial charge in [0.1, 0.15) is 6.26 Å². The predicted molar refractivity (Wildman–Crippen MR) is 75.5 cm³/mol. The summed E-state index contributed by atoms with van der Waals surface area (Å²) in [7, 11) is 1.98. The standard InChI is InChI=1S/C14H20N4O2/c1-10(2)20-12-4-6-18(8-12)14-16-15-13(17(14)3)11-5-7-19-9-11/h5,7,9-10,12H,4,6,8H2,1-3H3/t12-/m1/s1. The third-order valence-corrected chi connectivity index (χ3v) is 3.52. The molecule has 2 aromatic rings. The molecule has 6 nitrogen and oxygen atoms in total. The van der Waals surface area contributed by atoms with Gasteiger partial charge in [-0.25, -0.2) is 0 Å². The summed E-state index contributed by atoms with van der Waals surface area (Å²) in [5, 5.41) is 8.57. The van der Waals surface area contributed by atoms with Crippen molar-refractivity contribution >= 4 is 5.95 Å². The third-order valence-electron chi connectivity index (χ3n) is 3.52. The van der Waals surface area contributed by atoms with E-state index in [0.717, 1.165) is 36.8 Å². The van der Waals surface area contributed by atoms with Crippen LogP contribution in [0, 0.1) is 0 Å². The van der Waals surface area contributed by atoms with Crippen LogP contribution < -0.4 is 4.90 Å². The van der Waals surface area contributed by atoms with Crippen LogP contribution >= 0.6 is 0 Å². The minimum absolute atomic E-state index is 0.265. The van der Waals surface area contributed by atoms with Gasteiger partial charge in [-0.15, -0.1) is 10.2 Å². The molecule has 20 heavy (non-hydrogen) atoms. The molecule has 0 radical (unpaired) electrons. The van der Waals surface area contributed by atoms with Crippen LogP contribution in [-0.4, -0.2) is 40.1 Å². The van der Waals surface area contributed by atoms with Crippen molar-refractivity contribution in [2.45, 2.75) is 32.5 Å². The summed E-state index contributed by atoms with van der Waals surface area (Å²) >= 11 is 0. The highest BCUT2D eigenvalue weighted by Crippen LogP contribution is 2.25. The number of hydrogen-bond acceptors (Lipinski definition) is 5. The normalized spacial score (nSPS) is 19.2. The zero-order valence-corrected chi connectivity index (χ0v) is 12.1. The lowest BCUT2D eigenvalue weighted by Gasteiger charge is -2.18. The number of furan rings is 1. The second-order valence-electron chi connectivity index (χ2n) is 5.44. The molecular weight excluding hydrogens is 256 g/mol. The average Bonchev–Trinajstić information content (AvgIpc) is 3.08. The summed E-state index contributed by atoms with van der Waals surface area (Å²) in [5.41, 5.74) is 0.945. The highest BCUT2D eigenvalue weighted by atomic mass is 16.5. The highest BCUT2D eigenvalue weighted by molar-refractivity contribution is 5.55. The lowest BCUT2D eigenvalue weighted by atomic mass is 10.3. The fourth-order valence-corrected chi connectivity index (χ4v) is 2.65. The Morgan fingerprint density at radius 1 is 1.40 bits per heavy atom. The van der Waals surface area contributed by atoms with Crippen LogP contribution in [0.1, 0.15) is 20.3 Å². The topological polar surface area (TPSA) is 56.3 Å². The molecule has 0 saturated carbocycles. The highest BCUT2D eigenvalue weighted by Gasteiger charge is 2.27. The Kier molecular flexibility index (Phi) is 3.48. The van der Waals surface area contributed by atoms with E-state index in [-0.39, 0.29) is 12.2 Å². The van der Waals surface area contributed by atoms with Crippen molar-refractivity contribution < 1.29 is 9.15 Å². The van der Waals surface area contributed by atoms with Crippen LogP contribution in [0.15, 0.2) is 23.0 Å². The van der Waals surface area contributed by atoms with Gasteiger partial charge in [0.2, 0.25) is 5.95 Å². The average molecular weight is 276 g/mol. The Morgan fingerprint density at radius 2 is 2.25 bits per heavy atom. The van der Waals surface area contributed by atoms with E-state index in [1.165, 1.54) is 0 Å². The van der Waals surface area contributed by atoms with Crippen LogP contribution in [0.4, 0.5) is 5.95 Å². The summed E-state index contributed by atoms with van der Waals surface area (Å²) in [6.45, 7) is 5.97. The van der Waals surface area contributed by atoms with Crippen LogP contribution in [0.2, 0.25) is 0 Å². The van der Waals surface area contributed by atoms with Crippen molar-refractivity contribution in [1.29, 1.82) is 0 Å².